The molecule has 3 N–H and O–H groups in total. The van der Waals surface area contributed by atoms with E-state index in [2.05, 4.69) is 10.3 Å². The highest BCUT2D eigenvalue weighted by Gasteiger charge is 2.61. The van der Waals surface area contributed by atoms with Crippen molar-refractivity contribution in [3.05, 3.63) is 30.5 Å². The lowest BCUT2D eigenvalue weighted by atomic mass is 9.73. The number of aryl methyl sites for hydroxylation is 1. The quantitative estimate of drug-likeness (QED) is 0.138. The molecular formula is C43H65FN6O10. The number of halogens is 1. The Kier molecular flexibility index (Phi) is 14.5. The van der Waals surface area contributed by atoms with Crippen molar-refractivity contribution in [1.29, 1.82) is 0 Å². The fourth-order valence-corrected chi connectivity index (χ4v) is 9.51. The zero-order valence-corrected chi connectivity index (χ0v) is 36.9. The van der Waals surface area contributed by atoms with Crippen LogP contribution in [0, 0.1) is 17.8 Å². The Labute approximate surface area is 352 Å². The minimum Gasteiger partial charge on any atom is -0.455 e. The van der Waals surface area contributed by atoms with Gasteiger partial charge in [-0.25, -0.2) is 14.0 Å². The van der Waals surface area contributed by atoms with Gasteiger partial charge < -0.3 is 44.3 Å². The van der Waals surface area contributed by atoms with Crippen molar-refractivity contribution in [3.8, 4) is 11.3 Å². The number of hydrogen-bond acceptors (Lipinski definition) is 14. The number of amides is 1. The van der Waals surface area contributed by atoms with Crippen LogP contribution in [0.15, 0.2) is 30.5 Å². The average Bonchev–Trinajstić information content (AvgIpc) is 3.78. The van der Waals surface area contributed by atoms with Crippen molar-refractivity contribution in [2.24, 2.45) is 17.8 Å². The summed E-state index contributed by atoms with van der Waals surface area (Å²) >= 11 is 0. The topological polar surface area (TPSA) is 198 Å². The fraction of sp³-hybridized carbons (Fsp3) is 0.721. The first kappa shape index (κ1) is 47.0. The molecule has 1 aromatic carbocycles. The number of aliphatic hydroxyl groups is 1. The summed E-state index contributed by atoms with van der Waals surface area (Å²) in [5.41, 5.74) is 1.80. The first-order chi connectivity index (χ1) is 28.1. The number of methoxy groups -OCH3 is 1. The number of likely N-dealkylation sites (N-methyl/N-ethyl adjacent to an activating group) is 1. The van der Waals surface area contributed by atoms with Gasteiger partial charge in [-0.15, -0.1) is 5.10 Å². The van der Waals surface area contributed by atoms with E-state index in [1.807, 2.05) is 50.3 Å². The lowest BCUT2D eigenvalue weighted by molar-refractivity contribution is -0.295. The van der Waals surface area contributed by atoms with E-state index in [-0.39, 0.29) is 37.3 Å². The number of anilines is 1. The number of aromatic nitrogens is 3. The van der Waals surface area contributed by atoms with Gasteiger partial charge in [0, 0.05) is 55.2 Å². The maximum absolute atomic E-state index is 16.9. The first-order valence-corrected chi connectivity index (χ1v) is 21.0. The lowest BCUT2D eigenvalue weighted by Crippen LogP contribution is -2.61. The number of fused-ring (bicyclic) bond motifs is 1. The molecule has 2 aromatic rings. The number of aliphatic hydroxyl groups excluding tert-OH is 1. The molecule has 3 saturated heterocycles. The summed E-state index contributed by atoms with van der Waals surface area (Å²) in [4.78, 5) is 60.1. The van der Waals surface area contributed by atoms with Crippen LogP contribution in [0.4, 0.5) is 14.9 Å². The molecule has 3 aliphatic heterocycles. The Hall–Kier alpha value is -4.03. The molecule has 0 radical (unpaired) electrons. The summed E-state index contributed by atoms with van der Waals surface area (Å²) in [6, 6.07) is 6.02. The van der Waals surface area contributed by atoms with Gasteiger partial charge in [0.1, 0.15) is 23.7 Å². The van der Waals surface area contributed by atoms with Gasteiger partial charge >= 0.3 is 12.1 Å². The van der Waals surface area contributed by atoms with Crippen LogP contribution in [0.5, 0.6) is 0 Å². The predicted molar refractivity (Wildman–Crippen MR) is 219 cm³/mol. The lowest BCUT2D eigenvalue weighted by Gasteiger charge is -2.47. The maximum Gasteiger partial charge on any atom is 0.410 e. The Morgan fingerprint density at radius 2 is 1.73 bits per heavy atom. The number of benzene rings is 1. The molecule has 3 fully saturated rings. The normalized spacial score (nSPS) is 37.1. The number of nitrogen functional groups attached to an aromatic ring is 1. The number of nitrogens with two attached hydrogens (primary N) is 1. The molecule has 334 valence electrons. The molecule has 5 rings (SSSR count). The largest absolute Gasteiger partial charge is 0.455 e. The molecule has 1 amide bonds. The fourth-order valence-electron chi connectivity index (χ4n) is 9.51. The van der Waals surface area contributed by atoms with Crippen molar-refractivity contribution in [1.82, 2.24) is 24.8 Å². The highest BCUT2D eigenvalue weighted by molar-refractivity contribution is 6.08. The molecule has 60 heavy (non-hydrogen) atoms. The van der Waals surface area contributed by atoms with Crippen molar-refractivity contribution in [2.45, 2.75) is 154 Å². The molecule has 13 atom stereocenters. The highest BCUT2D eigenvalue weighted by atomic mass is 19.1. The van der Waals surface area contributed by atoms with Crippen molar-refractivity contribution >= 4 is 29.3 Å². The van der Waals surface area contributed by atoms with Crippen LogP contribution in [0.2, 0.25) is 0 Å². The molecule has 4 unspecified atom stereocenters. The number of cyclic esters (lactones) is 1. The summed E-state index contributed by atoms with van der Waals surface area (Å²) in [5, 5.41) is 19.9. The maximum atomic E-state index is 16.9. The predicted octanol–water partition coefficient (Wildman–Crippen LogP) is 4.60. The van der Waals surface area contributed by atoms with Crippen LogP contribution >= 0.6 is 0 Å². The summed E-state index contributed by atoms with van der Waals surface area (Å²) in [5.74, 6) is -5.85. The van der Waals surface area contributed by atoms with Crippen LogP contribution in [0.25, 0.3) is 11.3 Å². The number of esters is 1. The van der Waals surface area contributed by atoms with E-state index in [1.54, 1.807) is 45.4 Å². The standard InChI is InChI=1S/C43H65FN6O10/c1-12-32-43(8)35(50(40(55)60-43)19-14-13-18-49-23-30(46-47-49)28-16-15-17-29(45)21-28)26(4)33(51)24(2)22-41(6,56-11)37(27(5)36(53)42(7,44)39(54)58-32)59-38-34(52)31(48(9)10)20-25(3)57-38/h15-17,21,23-27,31-32,34-35,37-38,52H,12-14,18-20,22,45H2,1-11H3/t24-,25?,26+,27+,31?,32?,34-,35-,37-,38?,41+,42+,43-/m1/s1. The third-order valence-electron chi connectivity index (χ3n) is 12.9. The Morgan fingerprint density at radius 1 is 1.05 bits per heavy atom. The monoisotopic (exact) mass is 844 g/mol. The average molecular weight is 845 g/mol. The number of ketones is 2. The number of carbonyl (C=O) groups excluding carboxylic acids is 4. The van der Waals surface area contributed by atoms with E-state index in [0.29, 0.717) is 37.2 Å². The van der Waals surface area contributed by atoms with Gasteiger partial charge in [-0.1, -0.05) is 45.0 Å². The van der Waals surface area contributed by atoms with Crippen molar-refractivity contribution < 1.29 is 52.4 Å². The molecule has 0 saturated carbocycles. The number of nitrogens with zero attached hydrogens (tertiary/aromatic N) is 5. The zero-order valence-electron chi connectivity index (χ0n) is 36.9. The van der Waals surface area contributed by atoms with Gasteiger partial charge in [0.25, 0.3) is 5.67 Å². The zero-order chi connectivity index (χ0) is 44.5. The number of hydrogen-bond donors (Lipinski definition) is 2. The third kappa shape index (κ3) is 9.39. The van der Waals surface area contributed by atoms with Crippen LogP contribution in [0.1, 0.15) is 87.5 Å². The van der Waals surface area contributed by atoms with E-state index in [0.717, 1.165) is 12.5 Å². The van der Waals surface area contributed by atoms with E-state index in [1.165, 1.54) is 18.9 Å². The molecule has 3 aliphatic rings. The molecule has 17 heteroatoms. The number of carbonyl (C=O) groups is 4. The van der Waals surface area contributed by atoms with Gasteiger partial charge in [0.05, 0.1) is 30.0 Å². The van der Waals surface area contributed by atoms with E-state index >= 15 is 4.39 Å². The Bertz CT molecular complexity index is 1860. The summed E-state index contributed by atoms with van der Waals surface area (Å²) < 4.78 is 49.2. The van der Waals surface area contributed by atoms with Gasteiger partial charge in [-0.3, -0.25) is 14.3 Å². The Balaban J connectivity index is 1.45. The second-order valence-electron chi connectivity index (χ2n) is 17.8. The molecular weight excluding hydrogens is 780 g/mol. The van der Waals surface area contributed by atoms with Crippen molar-refractivity contribution in [2.75, 3.05) is 33.5 Å². The first-order valence-electron chi connectivity index (χ1n) is 21.0. The van der Waals surface area contributed by atoms with Crippen LogP contribution < -0.4 is 5.73 Å². The SMILES string of the molecule is CCC1OC(=O)[C@@](C)(F)C(=O)[C@H](C)[C@@H](OC2OC(C)CC(N(C)C)[C@H]2O)[C@@](C)(OC)C[C@@H](C)C(=O)[C@H](C)[C@H]2N(CCCCn3cc(-c4cccc(N)c4)nn3)C(=O)O[C@]12C. The highest BCUT2D eigenvalue weighted by Crippen LogP contribution is 2.44. The van der Waals surface area contributed by atoms with Crippen molar-refractivity contribution in [3.63, 3.8) is 0 Å². The van der Waals surface area contributed by atoms with Gasteiger partial charge in [-0.2, -0.15) is 0 Å². The van der Waals surface area contributed by atoms with Crippen LogP contribution in [0.3, 0.4) is 0 Å². The smallest absolute Gasteiger partial charge is 0.410 e. The third-order valence-corrected chi connectivity index (χ3v) is 12.9. The van der Waals surface area contributed by atoms with Gasteiger partial charge in [0.2, 0.25) is 0 Å². The number of Topliss-reactive ketones (excluding diaryl/α,β-unsaturated/α-hetero) is 2. The summed E-state index contributed by atoms with van der Waals surface area (Å²) in [7, 11) is 5.04. The minimum atomic E-state index is -3.19. The second kappa shape index (κ2) is 18.5. The van der Waals surface area contributed by atoms with Crippen LogP contribution in [-0.2, 0) is 44.6 Å². The van der Waals surface area contributed by atoms with E-state index in [4.69, 9.17) is 29.4 Å². The number of alkyl halides is 1. The van der Waals surface area contributed by atoms with Gasteiger partial charge in [-0.05, 0) is 86.0 Å². The minimum absolute atomic E-state index is 0.0111. The van der Waals surface area contributed by atoms with E-state index in [9.17, 15) is 24.3 Å². The molecule has 0 bridgehead atoms. The number of ether oxygens (including phenoxy) is 5. The second-order valence-corrected chi connectivity index (χ2v) is 17.8. The molecule has 4 heterocycles. The number of unbranched alkanes of at least 4 members (excludes halogenated alkanes) is 1. The Morgan fingerprint density at radius 3 is 2.37 bits per heavy atom. The number of rotatable bonds is 11. The molecule has 0 aliphatic carbocycles. The summed E-state index contributed by atoms with van der Waals surface area (Å²) in [6.07, 6.45) is -2.57. The summed E-state index contributed by atoms with van der Waals surface area (Å²) in [6.45, 7) is 13.1. The van der Waals surface area contributed by atoms with Gasteiger partial charge in [0.15, 0.2) is 17.7 Å². The molecule has 0 spiro atoms. The molecule has 16 nitrogen and oxygen atoms in total. The van der Waals surface area contributed by atoms with E-state index < -0.39 is 83.1 Å². The molecule has 1 aromatic heterocycles. The van der Waals surface area contributed by atoms with Crippen LogP contribution in [-0.4, -0.2) is 141 Å².